The van der Waals surface area contributed by atoms with Gasteiger partial charge in [-0.3, -0.25) is 4.98 Å². The molecule has 0 aliphatic heterocycles. The van der Waals surface area contributed by atoms with Crippen molar-refractivity contribution in [3.8, 4) is 0 Å². The molecule has 0 radical (unpaired) electrons. The van der Waals surface area contributed by atoms with E-state index in [1.807, 2.05) is 30.3 Å². The van der Waals surface area contributed by atoms with Gasteiger partial charge in [0.05, 0.1) is 0 Å². The van der Waals surface area contributed by atoms with E-state index in [0.29, 0.717) is 10.0 Å². The average Bonchev–Trinajstić information content (AvgIpc) is 2.41. The number of hydrogen-bond donors (Lipinski definition) is 0. The molecule has 0 amide bonds. The summed E-state index contributed by atoms with van der Waals surface area (Å²) in [6.07, 6.45) is 1.80. The molecule has 0 aliphatic rings. The molecule has 4 heteroatoms. The molecule has 1 aromatic carbocycles. The Kier molecular flexibility index (Phi) is 4.66. The Bertz CT molecular complexity index is 531. The minimum absolute atomic E-state index is 0.0820. The molecule has 0 saturated heterocycles. The molecule has 1 aromatic heterocycles. The number of hydrogen-bond acceptors (Lipinski definition) is 1. The van der Waals surface area contributed by atoms with Gasteiger partial charge in [0.2, 0.25) is 0 Å². The van der Waals surface area contributed by atoms with Gasteiger partial charge in [-0.15, -0.1) is 0 Å². The molecule has 0 N–H and O–H groups in total. The Balaban J connectivity index is 2.31. The summed E-state index contributed by atoms with van der Waals surface area (Å²) in [5.74, 6) is 0.210. The summed E-state index contributed by atoms with van der Waals surface area (Å²) in [5.41, 5.74) is 2.01. The Morgan fingerprint density at radius 2 is 1.94 bits per heavy atom. The summed E-state index contributed by atoms with van der Waals surface area (Å²) < 4.78 is 0. The Morgan fingerprint density at radius 3 is 2.61 bits per heavy atom. The Morgan fingerprint density at radius 1 is 1.17 bits per heavy atom. The maximum Gasteiger partial charge on any atom is 0.0491 e. The second kappa shape index (κ2) is 6.05. The van der Waals surface area contributed by atoms with Gasteiger partial charge in [-0.25, -0.2) is 0 Å². The van der Waals surface area contributed by atoms with Crippen LogP contribution in [0.2, 0.25) is 10.0 Å². The molecule has 1 heterocycles. The van der Waals surface area contributed by atoms with E-state index in [0.717, 1.165) is 11.3 Å². The molecule has 0 saturated carbocycles. The van der Waals surface area contributed by atoms with Crippen molar-refractivity contribution in [1.29, 1.82) is 0 Å². The van der Waals surface area contributed by atoms with Gasteiger partial charge >= 0.3 is 0 Å². The third kappa shape index (κ3) is 3.05. The van der Waals surface area contributed by atoms with Crippen molar-refractivity contribution < 1.29 is 0 Å². The van der Waals surface area contributed by atoms with Gasteiger partial charge in [0, 0.05) is 32.7 Å². The van der Waals surface area contributed by atoms with Crippen molar-refractivity contribution in [2.24, 2.45) is 0 Å². The lowest BCUT2D eigenvalue weighted by atomic mass is 9.97. The molecule has 0 spiro atoms. The SMILES string of the molecule is CC(c1ccccn1)C(Br)c1cc(Cl)ccc1Cl. The van der Waals surface area contributed by atoms with Gasteiger partial charge in [0.15, 0.2) is 0 Å². The van der Waals surface area contributed by atoms with Crippen LogP contribution in [0.15, 0.2) is 42.6 Å². The number of rotatable bonds is 3. The highest BCUT2D eigenvalue weighted by molar-refractivity contribution is 9.09. The van der Waals surface area contributed by atoms with E-state index in [1.54, 1.807) is 12.3 Å². The van der Waals surface area contributed by atoms with E-state index in [2.05, 4.69) is 27.8 Å². The first-order valence-corrected chi connectivity index (χ1v) is 7.26. The second-order valence-corrected chi connectivity index (χ2v) is 5.94. The van der Waals surface area contributed by atoms with Crippen molar-refractivity contribution in [1.82, 2.24) is 4.98 Å². The summed E-state index contributed by atoms with van der Waals surface area (Å²) in [6, 6.07) is 11.4. The van der Waals surface area contributed by atoms with Crippen LogP contribution in [0, 0.1) is 0 Å². The number of nitrogens with zero attached hydrogens (tertiary/aromatic N) is 1. The van der Waals surface area contributed by atoms with Crippen molar-refractivity contribution in [2.75, 3.05) is 0 Å². The topological polar surface area (TPSA) is 12.9 Å². The minimum atomic E-state index is 0.0820. The fourth-order valence-electron chi connectivity index (χ4n) is 1.79. The second-order valence-electron chi connectivity index (χ2n) is 4.11. The first-order chi connectivity index (χ1) is 8.59. The van der Waals surface area contributed by atoms with Crippen LogP contribution in [0.25, 0.3) is 0 Å². The smallest absolute Gasteiger partial charge is 0.0491 e. The predicted molar refractivity (Wildman–Crippen MR) is 80.8 cm³/mol. The number of halogens is 3. The third-order valence-electron chi connectivity index (χ3n) is 2.85. The standard InChI is InChI=1S/C14H12BrCl2N/c1-9(13-4-2-3-7-18-13)14(15)11-8-10(16)5-6-12(11)17/h2-9,14H,1H3. The van der Waals surface area contributed by atoms with Gasteiger partial charge in [-0.2, -0.15) is 0 Å². The van der Waals surface area contributed by atoms with Crippen LogP contribution in [0.4, 0.5) is 0 Å². The van der Waals surface area contributed by atoms with Crippen LogP contribution in [0.3, 0.4) is 0 Å². The molecule has 2 aromatic rings. The first-order valence-electron chi connectivity index (χ1n) is 5.59. The largest absolute Gasteiger partial charge is 0.261 e. The minimum Gasteiger partial charge on any atom is -0.261 e. The lowest BCUT2D eigenvalue weighted by Gasteiger charge is -2.19. The zero-order valence-electron chi connectivity index (χ0n) is 9.78. The molecule has 0 aliphatic carbocycles. The zero-order chi connectivity index (χ0) is 13.1. The van der Waals surface area contributed by atoms with Gasteiger partial charge in [0.25, 0.3) is 0 Å². The molecule has 1 nitrogen and oxygen atoms in total. The zero-order valence-corrected chi connectivity index (χ0v) is 12.9. The maximum atomic E-state index is 6.21. The summed E-state index contributed by atoms with van der Waals surface area (Å²) in [5, 5.41) is 1.40. The Hall–Kier alpha value is -0.570. The van der Waals surface area contributed by atoms with E-state index in [-0.39, 0.29) is 10.7 Å². The fraction of sp³-hybridized carbons (Fsp3) is 0.214. The molecule has 2 atom stereocenters. The van der Waals surface area contributed by atoms with Crippen molar-refractivity contribution in [3.63, 3.8) is 0 Å². The number of aromatic nitrogens is 1. The first kappa shape index (κ1) is 13.9. The van der Waals surface area contributed by atoms with E-state index in [1.165, 1.54) is 0 Å². The normalized spacial score (nSPS) is 14.2. The monoisotopic (exact) mass is 343 g/mol. The van der Waals surface area contributed by atoms with Crippen molar-refractivity contribution in [3.05, 3.63) is 63.9 Å². The van der Waals surface area contributed by atoms with Crippen LogP contribution < -0.4 is 0 Å². The fourth-order valence-corrected chi connectivity index (χ4v) is 2.99. The molecule has 2 unspecified atom stereocenters. The van der Waals surface area contributed by atoms with Gasteiger partial charge in [0.1, 0.15) is 0 Å². The lowest BCUT2D eigenvalue weighted by Crippen LogP contribution is -2.04. The van der Waals surface area contributed by atoms with Gasteiger partial charge < -0.3 is 0 Å². The van der Waals surface area contributed by atoms with E-state index < -0.39 is 0 Å². The summed E-state index contributed by atoms with van der Waals surface area (Å²) in [4.78, 5) is 4.45. The molecule has 94 valence electrons. The van der Waals surface area contributed by atoms with Crippen molar-refractivity contribution >= 4 is 39.1 Å². The van der Waals surface area contributed by atoms with Crippen LogP contribution in [-0.2, 0) is 0 Å². The Labute approximate surface area is 125 Å². The van der Waals surface area contributed by atoms with Crippen LogP contribution in [-0.4, -0.2) is 4.98 Å². The lowest BCUT2D eigenvalue weighted by molar-refractivity contribution is 0.724. The predicted octanol–water partition coefficient (Wildman–Crippen LogP) is 5.63. The number of pyridine rings is 1. The quantitative estimate of drug-likeness (QED) is 0.657. The molecular formula is C14H12BrCl2N. The summed E-state index contributed by atoms with van der Waals surface area (Å²) >= 11 is 15.9. The van der Waals surface area contributed by atoms with Crippen LogP contribution >= 0.6 is 39.1 Å². The molecular weight excluding hydrogens is 333 g/mol. The molecule has 2 rings (SSSR count). The molecule has 0 fully saturated rings. The number of benzene rings is 1. The van der Waals surface area contributed by atoms with Crippen molar-refractivity contribution in [2.45, 2.75) is 17.7 Å². The van der Waals surface area contributed by atoms with E-state index in [4.69, 9.17) is 23.2 Å². The van der Waals surface area contributed by atoms with Crippen LogP contribution in [0.1, 0.15) is 28.9 Å². The third-order valence-corrected chi connectivity index (χ3v) is 4.71. The highest BCUT2D eigenvalue weighted by Gasteiger charge is 2.21. The van der Waals surface area contributed by atoms with Gasteiger partial charge in [-0.05, 0) is 35.9 Å². The number of alkyl halides is 1. The summed E-state index contributed by atoms with van der Waals surface area (Å²) in [6.45, 7) is 2.11. The van der Waals surface area contributed by atoms with Gasteiger partial charge in [-0.1, -0.05) is 52.1 Å². The van der Waals surface area contributed by atoms with Crippen LogP contribution in [0.5, 0.6) is 0 Å². The molecule has 0 bridgehead atoms. The van der Waals surface area contributed by atoms with E-state index in [9.17, 15) is 0 Å². The van der Waals surface area contributed by atoms with E-state index >= 15 is 0 Å². The highest BCUT2D eigenvalue weighted by atomic mass is 79.9. The highest BCUT2D eigenvalue weighted by Crippen LogP contribution is 2.40. The maximum absolute atomic E-state index is 6.21. The summed E-state index contributed by atoms with van der Waals surface area (Å²) in [7, 11) is 0. The molecule has 18 heavy (non-hydrogen) atoms. The average molecular weight is 345 g/mol.